The van der Waals surface area contributed by atoms with Gasteiger partial charge < -0.3 is 10.3 Å². The lowest BCUT2D eigenvalue weighted by atomic mass is 9.96. The van der Waals surface area contributed by atoms with Crippen LogP contribution in [-0.4, -0.2) is 12.3 Å². The molecule has 1 N–H and O–H groups in total. The third-order valence-electron chi connectivity index (χ3n) is 3.91. The van der Waals surface area contributed by atoms with Gasteiger partial charge >= 0.3 is 0 Å². The smallest absolute Gasteiger partial charge is 0.0867 e. The van der Waals surface area contributed by atoms with Gasteiger partial charge in [0, 0.05) is 18.1 Å². The molecule has 1 aromatic rings. The summed E-state index contributed by atoms with van der Waals surface area (Å²) in [5, 5.41) is 7.66. The van der Waals surface area contributed by atoms with Gasteiger partial charge in [-0.25, -0.2) is 0 Å². The van der Waals surface area contributed by atoms with Crippen molar-refractivity contribution in [3.8, 4) is 0 Å². The number of anilines is 1. The lowest BCUT2D eigenvalue weighted by Crippen LogP contribution is -2.33. The second kappa shape index (κ2) is 6.56. The topological polar surface area (TPSA) is 27.1 Å². The van der Waals surface area contributed by atoms with E-state index in [1.165, 1.54) is 28.6 Å². The van der Waals surface area contributed by atoms with Crippen LogP contribution in [-0.2, 0) is 19.3 Å². The van der Waals surface area contributed by atoms with Crippen molar-refractivity contribution in [3.63, 3.8) is 0 Å². The molecule has 1 unspecified atom stereocenters. The molecule has 0 spiro atoms. The van der Waals surface area contributed by atoms with Crippen molar-refractivity contribution in [2.24, 2.45) is 0 Å². The van der Waals surface area contributed by atoms with E-state index in [1.54, 1.807) is 0 Å². The number of allylic oxidation sites excluding steroid dienone is 2. The average molecular weight is 268 g/mol. The third-order valence-corrected chi connectivity index (χ3v) is 3.91. The zero-order valence-corrected chi connectivity index (χ0v) is 12.7. The van der Waals surface area contributed by atoms with Crippen LogP contribution < -0.4 is 4.90 Å². The van der Waals surface area contributed by atoms with Crippen LogP contribution in [0.3, 0.4) is 0 Å². The zero-order chi connectivity index (χ0) is 14.5. The third kappa shape index (κ3) is 2.69. The predicted molar refractivity (Wildman–Crippen MR) is 87.9 cm³/mol. The summed E-state index contributed by atoms with van der Waals surface area (Å²) in [6, 6.07) is 4.67. The van der Waals surface area contributed by atoms with Crippen LogP contribution in [0.1, 0.15) is 37.5 Å². The summed E-state index contributed by atoms with van der Waals surface area (Å²) >= 11 is 0. The maximum atomic E-state index is 7.66. The molecular formula is C18H24N2. The fraction of sp³-hybridized carbons (Fsp3) is 0.389. The van der Waals surface area contributed by atoms with E-state index >= 15 is 0 Å². The van der Waals surface area contributed by atoms with Gasteiger partial charge in [0.1, 0.15) is 0 Å². The summed E-state index contributed by atoms with van der Waals surface area (Å²) in [4.78, 5) is 2.23. The van der Waals surface area contributed by atoms with E-state index in [9.17, 15) is 0 Å². The number of hydrogen-bond acceptors (Lipinski definition) is 2. The SMILES string of the molecule is CCc1cc(CC)c(N2C=CC=CC2C=N)c(CC)c1. The predicted octanol–water partition coefficient (Wildman–Crippen LogP) is 4.28. The first kappa shape index (κ1) is 14.6. The number of aryl methyl sites for hydroxylation is 3. The highest BCUT2D eigenvalue weighted by atomic mass is 15.1. The van der Waals surface area contributed by atoms with E-state index in [0.717, 1.165) is 19.3 Å². The summed E-state index contributed by atoms with van der Waals surface area (Å²) in [6.07, 6.45) is 12.9. The highest BCUT2D eigenvalue weighted by Crippen LogP contribution is 2.31. The van der Waals surface area contributed by atoms with Crippen LogP contribution in [0.4, 0.5) is 5.69 Å². The largest absolute Gasteiger partial charge is 0.336 e. The molecule has 2 nitrogen and oxygen atoms in total. The fourth-order valence-corrected chi connectivity index (χ4v) is 2.78. The normalized spacial score (nSPS) is 17.6. The van der Waals surface area contributed by atoms with E-state index in [1.807, 2.05) is 12.2 Å². The Morgan fingerprint density at radius 1 is 1.05 bits per heavy atom. The Labute approximate surface area is 122 Å². The second-order valence-corrected chi connectivity index (χ2v) is 5.11. The molecule has 0 aliphatic carbocycles. The molecule has 0 amide bonds. The number of hydrogen-bond donors (Lipinski definition) is 1. The Hall–Kier alpha value is -1.83. The first-order chi connectivity index (χ1) is 9.74. The second-order valence-electron chi connectivity index (χ2n) is 5.11. The number of rotatable bonds is 5. The van der Waals surface area contributed by atoms with Crippen molar-refractivity contribution in [3.05, 3.63) is 53.3 Å². The van der Waals surface area contributed by atoms with Gasteiger partial charge in [0.25, 0.3) is 0 Å². The Kier molecular flexibility index (Phi) is 4.78. The Morgan fingerprint density at radius 2 is 1.70 bits per heavy atom. The summed E-state index contributed by atoms with van der Waals surface area (Å²) in [5.41, 5.74) is 5.47. The van der Waals surface area contributed by atoms with Crippen molar-refractivity contribution >= 4 is 11.9 Å². The molecule has 0 bridgehead atoms. The van der Waals surface area contributed by atoms with Crippen LogP contribution in [0.15, 0.2) is 36.6 Å². The highest BCUT2D eigenvalue weighted by molar-refractivity contribution is 5.76. The van der Waals surface area contributed by atoms with Crippen molar-refractivity contribution in [2.45, 2.75) is 46.1 Å². The molecule has 2 heteroatoms. The Bertz CT molecular complexity index is 515. The minimum absolute atomic E-state index is 0.0306. The molecule has 0 saturated carbocycles. The van der Waals surface area contributed by atoms with E-state index in [0.29, 0.717) is 0 Å². The van der Waals surface area contributed by atoms with Gasteiger partial charge in [0.15, 0.2) is 0 Å². The van der Waals surface area contributed by atoms with Crippen molar-refractivity contribution < 1.29 is 0 Å². The molecule has 1 aromatic carbocycles. The molecule has 1 heterocycles. The van der Waals surface area contributed by atoms with E-state index in [-0.39, 0.29) is 6.04 Å². The van der Waals surface area contributed by atoms with Gasteiger partial charge in [0.05, 0.1) is 6.04 Å². The van der Waals surface area contributed by atoms with Crippen LogP contribution >= 0.6 is 0 Å². The number of nitrogens with zero attached hydrogens (tertiary/aromatic N) is 1. The monoisotopic (exact) mass is 268 g/mol. The maximum Gasteiger partial charge on any atom is 0.0867 e. The first-order valence-corrected chi connectivity index (χ1v) is 7.53. The minimum atomic E-state index is 0.0306. The van der Waals surface area contributed by atoms with Crippen LogP contribution in [0.5, 0.6) is 0 Å². The molecule has 2 rings (SSSR count). The van der Waals surface area contributed by atoms with E-state index < -0.39 is 0 Å². The molecule has 1 aliphatic rings. The fourth-order valence-electron chi connectivity index (χ4n) is 2.78. The van der Waals surface area contributed by atoms with Crippen LogP contribution in [0, 0.1) is 5.41 Å². The highest BCUT2D eigenvalue weighted by Gasteiger charge is 2.20. The maximum absolute atomic E-state index is 7.66. The van der Waals surface area contributed by atoms with Gasteiger partial charge in [-0.05, 0) is 42.0 Å². The van der Waals surface area contributed by atoms with Gasteiger partial charge in [-0.3, -0.25) is 0 Å². The molecule has 1 aliphatic heterocycles. The standard InChI is InChI=1S/C18H24N2/c1-4-14-11-15(5-2)18(16(6-3)12-14)20-10-8-7-9-17(20)13-19/h7-13,17,19H,4-6H2,1-3H3. The lowest BCUT2D eigenvalue weighted by Gasteiger charge is -2.32. The molecule has 0 fully saturated rings. The molecule has 0 saturated heterocycles. The Morgan fingerprint density at radius 3 is 2.20 bits per heavy atom. The van der Waals surface area contributed by atoms with Crippen molar-refractivity contribution in [1.29, 1.82) is 5.41 Å². The van der Waals surface area contributed by atoms with Crippen molar-refractivity contribution in [1.82, 2.24) is 0 Å². The molecule has 20 heavy (non-hydrogen) atoms. The van der Waals surface area contributed by atoms with Gasteiger partial charge in [-0.2, -0.15) is 0 Å². The molecule has 106 valence electrons. The van der Waals surface area contributed by atoms with Crippen LogP contribution in [0.2, 0.25) is 0 Å². The quantitative estimate of drug-likeness (QED) is 0.793. The molecular weight excluding hydrogens is 244 g/mol. The van der Waals surface area contributed by atoms with Crippen molar-refractivity contribution in [2.75, 3.05) is 4.90 Å². The van der Waals surface area contributed by atoms with Gasteiger partial charge in [-0.1, -0.05) is 45.1 Å². The van der Waals surface area contributed by atoms with E-state index in [2.05, 4.69) is 50.1 Å². The lowest BCUT2D eigenvalue weighted by molar-refractivity contribution is 0.927. The number of nitrogens with one attached hydrogen (secondary N) is 1. The first-order valence-electron chi connectivity index (χ1n) is 7.53. The minimum Gasteiger partial charge on any atom is -0.336 e. The summed E-state index contributed by atoms with van der Waals surface area (Å²) < 4.78 is 0. The summed E-state index contributed by atoms with van der Waals surface area (Å²) in [7, 11) is 0. The summed E-state index contributed by atoms with van der Waals surface area (Å²) in [6.45, 7) is 6.62. The molecule has 0 radical (unpaired) electrons. The van der Waals surface area contributed by atoms with Gasteiger partial charge in [-0.15, -0.1) is 0 Å². The average Bonchev–Trinajstić information content (AvgIpc) is 2.53. The molecule has 0 aromatic heterocycles. The summed E-state index contributed by atoms with van der Waals surface area (Å²) in [5.74, 6) is 0. The Balaban J connectivity index is 2.56. The van der Waals surface area contributed by atoms with Crippen LogP contribution in [0.25, 0.3) is 0 Å². The number of benzene rings is 1. The van der Waals surface area contributed by atoms with Gasteiger partial charge in [0.2, 0.25) is 0 Å². The zero-order valence-electron chi connectivity index (χ0n) is 12.7. The van der Waals surface area contributed by atoms with E-state index in [4.69, 9.17) is 5.41 Å². The molecule has 1 atom stereocenters.